The number of benzene rings is 2. The van der Waals surface area contributed by atoms with E-state index in [-0.39, 0.29) is 16.7 Å². The van der Waals surface area contributed by atoms with Crippen LogP contribution in [-0.2, 0) is 9.84 Å². The van der Waals surface area contributed by atoms with Gasteiger partial charge in [0, 0.05) is 12.2 Å². The molecule has 27 heavy (non-hydrogen) atoms. The van der Waals surface area contributed by atoms with Crippen molar-refractivity contribution in [3.63, 3.8) is 0 Å². The topological polar surface area (TPSA) is 55.4 Å². The summed E-state index contributed by atoms with van der Waals surface area (Å²) in [6.45, 7) is 3.74. The molecule has 3 atom stereocenters. The highest BCUT2D eigenvalue weighted by Crippen LogP contribution is 2.51. The van der Waals surface area contributed by atoms with Crippen molar-refractivity contribution in [1.82, 2.24) is 5.32 Å². The van der Waals surface area contributed by atoms with Crippen molar-refractivity contribution in [2.45, 2.75) is 17.9 Å². The van der Waals surface area contributed by atoms with Crippen LogP contribution in [0.25, 0.3) is 11.1 Å². The standard InChI is InChI=1S/C20H21F2NO3S/c1-11(19-15-9-23-10-16(15)19)26-20-17(21)7-13(8-18(20)22)12-3-5-14(6-4-12)27(2,24)25/h3-8,11,15-16,19,23H,9-10H2,1-2H3/t11-,15?,16?,19?/m1/s1. The van der Waals surface area contributed by atoms with Crippen LogP contribution < -0.4 is 10.1 Å². The van der Waals surface area contributed by atoms with Gasteiger partial charge in [0.05, 0.1) is 11.0 Å². The van der Waals surface area contributed by atoms with Crippen molar-refractivity contribution >= 4 is 9.84 Å². The molecule has 0 bridgehead atoms. The Kier molecular flexibility index (Phi) is 4.47. The van der Waals surface area contributed by atoms with Crippen LogP contribution in [0.1, 0.15) is 6.92 Å². The second kappa shape index (κ2) is 6.56. The molecule has 4 nitrogen and oxygen atoms in total. The van der Waals surface area contributed by atoms with E-state index >= 15 is 0 Å². The summed E-state index contributed by atoms with van der Waals surface area (Å²) in [5, 5.41) is 3.29. The first kappa shape index (κ1) is 18.4. The van der Waals surface area contributed by atoms with Gasteiger partial charge in [-0.2, -0.15) is 0 Å². The van der Waals surface area contributed by atoms with Crippen molar-refractivity contribution in [3.05, 3.63) is 48.0 Å². The van der Waals surface area contributed by atoms with Gasteiger partial charge < -0.3 is 10.1 Å². The van der Waals surface area contributed by atoms with Crippen LogP contribution in [-0.4, -0.2) is 33.9 Å². The number of fused-ring (bicyclic) bond motifs is 1. The summed E-state index contributed by atoms with van der Waals surface area (Å²) in [4.78, 5) is 0.158. The number of piperidine rings is 1. The van der Waals surface area contributed by atoms with Gasteiger partial charge in [-0.3, -0.25) is 0 Å². The summed E-state index contributed by atoms with van der Waals surface area (Å²) in [6.07, 6.45) is 0.865. The lowest BCUT2D eigenvalue weighted by Crippen LogP contribution is -2.24. The zero-order chi connectivity index (χ0) is 19.3. The fourth-order valence-electron chi connectivity index (χ4n) is 4.16. The Labute approximate surface area is 157 Å². The fraction of sp³-hybridized carbons (Fsp3) is 0.400. The van der Waals surface area contributed by atoms with Gasteiger partial charge in [0.2, 0.25) is 0 Å². The monoisotopic (exact) mass is 393 g/mol. The zero-order valence-corrected chi connectivity index (χ0v) is 15.9. The van der Waals surface area contributed by atoms with Crippen molar-refractivity contribution in [2.75, 3.05) is 19.3 Å². The van der Waals surface area contributed by atoms with E-state index in [9.17, 15) is 17.2 Å². The van der Waals surface area contributed by atoms with Gasteiger partial charge in [-0.25, -0.2) is 17.2 Å². The van der Waals surface area contributed by atoms with Gasteiger partial charge in [-0.05, 0) is 67.2 Å². The molecule has 0 radical (unpaired) electrons. The minimum absolute atomic E-state index is 0.158. The fourth-order valence-corrected chi connectivity index (χ4v) is 4.79. The normalized spacial score (nSPS) is 25.1. The molecule has 1 aliphatic carbocycles. The Morgan fingerprint density at radius 3 is 2.11 bits per heavy atom. The van der Waals surface area contributed by atoms with Gasteiger partial charge >= 0.3 is 0 Å². The smallest absolute Gasteiger partial charge is 0.191 e. The number of halogens is 2. The minimum Gasteiger partial charge on any atom is -0.484 e. The van der Waals surface area contributed by atoms with Crippen molar-refractivity contribution in [3.8, 4) is 16.9 Å². The molecule has 2 aliphatic rings. The SMILES string of the molecule is C[C@@H](Oc1c(F)cc(-c2ccc(S(C)(=O)=O)cc2)cc1F)C1C2CNCC21. The van der Waals surface area contributed by atoms with Crippen LogP contribution >= 0.6 is 0 Å². The van der Waals surface area contributed by atoms with Crippen LogP contribution in [0, 0.1) is 29.4 Å². The molecular weight excluding hydrogens is 372 g/mol. The van der Waals surface area contributed by atoms with E-state index in [1.54, 1.807) is 0 Å². The van der Waals surface area contributed by atoms with Crippen LogP contribution in [0.15, 0.2) is 41.3 Å². The number of hydrogen-bond acceptors (Lipinski definition) is 4. The van der Waals surface area contributed by atoms with E-state index in [2.05, 4.69) is 5.32 Å². The average Bonchev–Trinajstić information content (AvgIpc) is 3.09. The second-order valence-corrected chi connectivity index (χ2v) is 9.47. The predicted molar refractivity (Wildman–Crippen MR) is 98.3 cm³/mol. The third-order valence-corrected chi connectivity index (χ3v) is 6.75. The molecule has 2 aromatic carbocycles. The Morgan fingerprint density at radius 1 is 1.04 bits per heavy atom. The number of hydrogen-bond donors (Lipinski definition) is 1. The number of nitrogens with one attached hydrogen (secondary N) is 1. The third-order valence-electron chi connectivity index (χ3n) is 5.62. The molecule has 2 fully saturated rings. The van der Waals surface area contributed by atoms with E-state index in [0.717, 1.165) is 19.3 Å². The molecule has 1 N–H and O–H groups in total. The van der Waals surface area contributed by atoms with E-state index in [0.29, 0.717) is 28.9 Å². The molecule has 4 rings (SSSR count). The molecule has 1 aliphatic heterocycles. The van der Waals surface area contributed by atoms with E-state index in [4.69, 9.17) is 4.74 Å². The van der Waals surface area contributed by atoms with Crippen LogP contribution in [0.5, 0.6) is 5.75 Å². The van der Waals surface area contributed by atoms with Gasteiger partial charge in [0.1, 0.15) is 0 Å². The molecular formula is C20H21F2NO3S. The first-order valence-corrected chi connectivity index (χ1v) is 10.8. The summed E-state index contributed by atoms with van der Waals surface area (Å²) in [6, 6.07) is 8.35. The number of rotatable bonds is 5. The van der Waals surface area contributed by atoms with Crippen molar-refractivity contribution in [1.29, 1.82) is 0 Å². The molecule has 7 heteroatoms. The Balaban J connectivity index is 1.55. The average molecular weight is 393 g/mol. The summed E-state index contributed by atoms with van der Waals surface area (Å²) in [7, 11) is -3.32. The number of ether oxygens (including phenoxy) is 1. The second-order valence-electron chi connectivity index (χ2n) is 7.45. The molecule has 1 saturated heterocycles. The molecule has 2 aromatic rings. The summed E-state index contributed by atoms with van der Waals surface area (Å²) in [5.41, 5.74) is 0.861. The molecule has 144 valence electrons. The highest BCUT2D eigenvalue weighted by molar-refractivity contribution is 7.90. The van der Waals surface area contributed by atoms with Gasteiger partial charge in [-0.1, -0.05) is 12.1 Å². The van der Waals surface area contributed by atoms with E-state index in [1.165, 1.54) is 36.4 Å². The Bertz CT molecular complexity index is 942. The summed E-state index contributed by atoms with van der Waals surface area (Å²) < 4.78 is 57.7. The van der Waals surface area contributed by atoms with E-state index < -0.39 is 21.5 Å². The largest absolute Gasteiger partial charge is 0.484 e. The lowest BCUT2D eigenvalue weighted by atomic mass is 10.1. The van der Waals surface area contributed by atoms with Gasteiger partial charge in [-0.15, -0.1) is 0 Å². The van der Waals surface area contributed by atoms with Crippen LogP contribution in [0.3, 0.4) is 0 Å². The van der Waals surface area contributed by atoms with Gasteiger partial charge in [0.15, 0.2) is 27.2 Å². The predicted octanol–water partition coefficient (Wildman–Crippen LogP) is 3.27. The highest BCUT2D eigenvalue weighted by Gasteiger charge is 2.56. The minimum atomic E-state index is -3.32. The lowest BCUT2D eigenvalue weighted by Gasteiger charge is -2.18. The van der Waals surface area contributed by atoms with Crippen molar-refractivity contribution in [2.24, 2.45) is 17.8 Å². The molecule has 2 unspecified atom stereocenters. The van der Waals surface area contributed by atoms with Gasteiger partial charge in [0.25, 0.3) is 0 Å². The summed E-state index contributed by atoms with van der Waals surface area (Å²) >= 11 is 0. The van der Waals surface area contributed by atoms with E-state index in [1.807, 2.05) is 6.92 Å². The quantitative estimate of drug-likeness (QED) is 0.847. The van der Waals surface area contributed by atoms with Crippen LogP contribution in [0.4, 0.5) is 8.78 Å². The first-order valence-electron chi connectivity index (χ1n) is 8.92. The van der Waals surface area contributed by atoms with Crippen molar-refractivity contribution < 1.29 is 21.9 Å². The molecule has 1 heterocycles. The highest BCUT2D eigenvalue weighted by atomic mass is 32.2. The maximum atomic E-state index is 14.5. The maximum absolute atomic E-state index is 14.5. The molecule has 1 saturated carbocycles. The van der Waals surface area contributed by atoms with Crippen LogP contribution in [0.2, 0.25) is 0 Å². The maximum Gasteiger partial charge on any atom is 0.191 e. The first-order chi connectivity index (χ1) is 12.8. The Morgan fingerprint density at radius 2 is 1.59 bits per heavy atom. The zero-order valence-electron chi connectivity index (χ0n) is 15.1. The lowest BCUT2D eigenvalue weighted by molar-refractivity contribution is 0.166. The molecule has 0 aromatic heterocycles. The molecule has 0 amide bonds. The third kappa shape index (κ3) is 3.46. The summed E-state index contributed by atoms with van der Waals surface area (Å²) in [5.74, 6) is -0.441. The molecule has 0 spiro atoms. The Hall–Kier alpha value is -1.99. The number of sulfone groups is 1.